The van der Waals surface area contributed by atoms with Gasteiger partial charge in [-0.25, -0.2) is 0 Å². The second kappa shape index (κ2) is 9.51. The summed E-state index contributed by atoms with van der Waals surface area (Å²) in [6.07, 6.45) is 1.92. The van der Waals surface area contributed by atoms with Gasteiger partial charge >= 0.3 is 0 Å². The molecule has 2 aromatic rings. The standard InChI is InChI=1S/C26H31N3O3S/c1-4-23-24(21-12-10-18(2)11-13-21)33(31,32)28-25(23)29-16-14-22(15-17-29)26(30)27-19(3)20-8-6-5-7-9-20/h5-13,19,22H,4,14-17H2,1-3H3,(H,27,30). The van der Waals surface area contributed by atoms with E-state index in [-0.39, 0.29) is 17.9 Å². The molecule has 0 spiro atoms. The van der Waals surface area contributed by atoms with Crippen molar-refractivity contribution in [2.45, 2.75) is 46.1 Å². The molecule has 1 N–H and O–H groups in total. The van der Waals surface area contributed by atoms with E-state index in [0.717, 1.165) is 16.7 Å². The number of piperidine rings is 1. The Bertz CT molecular complexity index is 1180. The highest BCUT2D eigenvalue weighted by molar-refractivity contribution is 8.00. The Kier molecular flexibility index (Phi) is 6.70. The van der Waals surface area contributed by atoms with Crippen LogP contribution in [0.1, 0.15) is 55.8 Å². The summed E-state index contributed by atoms with van der Waals surface area (Å²) >= 11 is 0. The van der Waals surface area contributed by atoms with Gasteiger partial charge in [0.2, 0.25) is 5.91 Å². The van der Waals surface area contributed by atoms with E-state index in [1.54, 1.807) is 0 Å². The van der Waals surface area contributed by atoms with Crippen LogP contribution in [0.5, 0.6) is 0 Å². The molecule has 6 nitrogen and oxygen atoms in total. The van der Waals surface area contributed by atoms with Crippen LogP contribution in [0.4, 0.5) is 0 Å². The quantitative estimate of drug-likeness (QED) is 0.708. The Morgan fingerprint density at radius 2 is 1.73 bits per heavy atom. The monoisotopic (exact) mass is 465 g/mol. The minimum absolute atomic E-state index is 0.0484. The number of carbonyl (C=O) groups is 1. The summed E-state index contributed by atoms with van der Waals surface area (Å²) in [5.41, 5.74) is 3.60. The molecule has 0 aromatic heterocycles. The van der Waals surface area contributed by atoms with Gasteiger partial charge in [0.25, 0.3) is 10.0 Å². The number of amides is 1. The number of sulfonamides is 1. The average molecular weight is 466 g/mol. The Labute approximate surface area is 196 Å². The smallest absolute Gasteiger partial charge is 0.285 e. The Morgan fingerprint density at radius 1 is 1.09 bits per heavy atom. The number of nitrogens with zero attached hydrogens (tertiary/aromatic N) is 2. The molecule has 0 aliphatic carbocycles. The van der Waals surface area contributed by atoms with Crippen LogP contribution in [0, 0.1) is 12.8 Å². The van der Waals surface area contributed by atoms with Crippen molar-refractivity contribution in [3.63, 3.8) is 0 Å². The van der Waals surface area contributed by atoms with Crippen molar-refractivity contribution in [1.82, 2.24) is 10.2 Å². The van der Waals surface area contributed by atoms with E-state index in [0.29, 0.717) is 48.7 Å². The molecule has 2 aliphatic heterocycles. The van der Waals surface area contributed by atoms with Crippen LogP contribution in [-0.4, -0.2) is 38.2 Å². The van der Waals surface area contributed by atoms with Gasteiger partial charge in [-0.3, -0.25) is 4.79 Å². The predicted octanol–water partition coefficient (Wildman–Crippen LogP) is 4.45. The van der Waals surface area contributed by atoms with Crippen molar-refractivity contribution in [2.75, 3.05) is 13.1 Å². The van der Waals surface area contributed by atoms with Gasteiger partial charge in [-0.15, -0.1) is 4.40 Å². The normalized spacial score (nSPS) is 19.4. The Balaban J connectivity index is 1.46. The van der Waals surface area contributed by atoms with Gasteiger partial charge in [0.15, 0.2) is 0 Å². The van der Waals surface area contributed by atoms with Gasteiger partial charge in [-0.1, -0.05) is 67.1 Å². The second-order valence-electron chi connectivity index (χ2n) is 8.82. The topological polar surface area (TPSA) is 78.8 Å². The van der Waals surface area contributed by atoms with Crippen molar-refractivity contribution in [1.29, 1.82) is 0 Å². The lowest BCUT2D eigenvalue weighted by Gasteiger charge is -2.33. The predicted molar refractivity (Wildman–Crippen MR) is 132 cm³/mol. The summed E-state index contributed by atoms with van der Waals surface area (Å²) < 4.78 is 30.1. The van der Waals surface area contributed by atoms with E-state index in [2.05, 4.69) is 9.71 Å². The van der Waals surface area contributed by atoms with Crippen molar-refractivity contribution < 1.29 is 13.2 Å². The molecule has 0 bridgehead atoms. The lowest BCUT2D eigenvalue weighted by molar-refractivity contribution is -0.126. The lowest BCUT2D eigenvalue weighted by Crippen LogP contribution is -2.43. The minimum atomic E-state index is -3.74. The molecular formula is C26H31N3O3S. The first-order chi connectivity index (χ1) is 15.8. The number of rotatable bonds is 5. The third-order valence-corrected chi connectivity index (χ3v) is 7.91. The van der Waals surface area contributed by atoms with Crippen LogP contribution >= 0.6 is 0 Å². The number of amidine groups is 1. The highest BCUT2D eigenvalue weighted by Gasteiger charge is 2.36. The third-order valence-electron chi connectivity index (χ3n) is 6.50. The number of hydrogen-bond acceptors (Lipinski definition) is 4. The molecule has 2 aromatic carbocycles. The number of benzene rings is 2. The maximum Gasteiger partial charge on any atom is 0.285 e. The van der Waals surface area contributed by atoms with Gasteiger partial charge < -0.3 is 10.2 Å². The van der Waals surface area contributed by atoms with Crippen LogP contribution in [0.2, 0.25) is 0 Å². The maximum absolute atomic E-state index is 13.0. The van der Waals surface area contributed by atoms with Crippen LogP contribution in [0.25, 0.3) is 4.91 Å². The van der Waals surface area contributed by atoms with Crippen LogP contribution < -0.4 is 5.32 Å². The molecule has 0 saturated carbocycles. The van der Waals surface area contributed by atoms with E-state index < -0.39 is 10.0 Å². The number of nitrogens with one attached hydrogen (secondary N) is 1. The molecular weight excluding hydrogens is 434 g/mol. The molecule has 33 heavy (non-hydrogen) atoms. The fraction of sp³-hybridized carbons (Fsp3) is 0.385. The van der Waals surface area contributed by atoms with E-state index in [4.69, 9.17) is 0 Å². The molecule has 4 rings (SSSR count). The summed E-state index contributed by atoms with van der Waals surface area (Å²) in [5.74, 6) is 0.514. The highest BCUT2D eigenvalue weighted by Crippen LogP contribution is 2.36. The summed E-state index contributed by atoms with van der Waals surface area (Å²) in [6.45, 7) is 7.15. The van der Waals surface area contributed by atoms with Crippen LogP contribution in [-0.2, 0) is 14.8 Å². The first-order valence-corrected chi connectivity index (χ1v) is 13.0. The first-order valence-electron chi connectivity index (χ1n) is 11.6. The fourth-order valence-electron chi connectivity index (χ4n) is 4.58. The van der Waals surface area contributed by atoms with E-state index in [1.807, 2.05) is 80.3 Å². The Hall–Kier alpha value is -2.93. The Morgan fingerprint density at radius 3 is 2.33 bits per heavy atom. The molecule has 1 unspecified atom stereocenters. The van der Waals surface area contributed by atoms with E-state index >= 15 is 0 Å². The van der Waals surface area contributed by atoms with Crippen LogP contribution in [0.15, 0.2) is 64.6 Å². The third kappa shape index (κ3) is 4.88. The van der Waals surface area contributed by atoms with Gasteiger partial charge in [-0.05, 0) is 44.2 Å². The molecule has 2 heterocycles. The molecule has 0 radical (unpaired) electrons. The van der Waals surface area contributed by atoms with Gasteiger partial charge in [0.05, 0.1) is 6.04 Å². The largest absolute Gasteiger partial charge is 0.356 e. The summed E-state index contributed by atoms with van der Waals surface area (Å²) in [4.78, 5) is 15.2. The van der Waals surface area contributed by atoms with Crippen molar-refractivity contribution in [3.05, 3.63) is 76.9 Å². The second-order valence-corrected chi connectivity index (χ2v) is 10.4. The zero-order valence-electron chi connectivity index (χ0n) is 19.4. The zero-order chi connectivity index (χ0) is 23.6. The summed E-state index contributed by atoms with van der Waals surface area (Å²) in [7, 11) is -3.74. The van der Waals surface area contributed by atoms with E-state index in [1.165, 1.54) is 0 Å². The SMILES string of the molecule is CCC1=C(c2ccc(C)cc2)S(=O)(=O)N=C1N1CCC(C(=O)NC(C)c2ccccc2)CC1. The molecule has 174 valence electrons. The van der Waals surface area contributed by atoms with E-state index in [9.17, 15) is 13.2 Å². The first kappa shape index (κ1) is 23.2. The van der Waals surface area contributed by atoms with Crippen molar-refractivity contribution in [2.24, 2.45) is 10.3 Å². The van der Waals surface area contributed by atoms with Crippen molar-refractivity contribution in [3.8, 4) is 0 Å². The van der Waals surface area contributed by atoms with Gasteiger partial charge in [0.1, 0.15) is 10.7 Å². The van der Waals surface area contributed by atoms with Gasteiger partial charge in [0, 0.05) is 24.6 Å². The minimum Gasteiger partial charge on any atom is -0.356 e. The fourth-order valence-corrected chi connectivity index (χ4v) is 6.10. The average Bonchev–Trinajstić information content (AvgIpc) is 3.10. The molecule has 1 atom stereocenters. The highest BCUT2D eigenvalue weighted by atomic mass is 32.2. The zero-order valence-corrected chi connectivity index (χ0v) is 20.2. The molecule has 1 amide bonds. The molecule has 2 aliphatic rings. The molecule has 1 fully saturated rings. The molecule has 7 heteroatoms. The number of carbonyl (C=O) groups excluding carboxylic acids is 1. The number of likely N-dealkylation sites (tertiary alicyclic amines) is 1. The van der Waals surface area contributed by atoms with Crippen molar-refractivity contribution >= 4 is 26.7 Å². The summed E-state index contributed by atoms with van der Waals surface area (Å²) in [6, 6.07) is 17.4. The lowest BCUT2D eigenvalue weighted by atomic mass is 9.94. The maximum atomic E-state index is 13.0. The van der Waals surface area contributed by atoms with Crippen LogP contribution in [0.3, 0.4) is 0 Å². The van der Waals surface area contributed by atoms with Gasteiger partial charge in [-0.2, -0.15) is 8.42 Å². The molecule has 1 saturated heterocycles. The number of hydrogen-bond donors (Lipinski definition) is 1. The number of aryl methyl sites for hydroxylation is 1. The summed E-state index contributed by atoms with van der Waals surface area (Å²) in [5, 5.41) is 3.12.